The van der Waals surface area contributed by atoms with Crippen molar-refractivity contribution in [1.82, 2.24) is 5.32 Å². The van der Waals surface area contributed by atoms with Crippen LogP contribution in [0.15, 0.2) is 66.7 Å². The van der Waals surface area contributed by atoms with E-state index >= 15 is 0 Å². The maximum absolute atomic E-state index is 12.0. The van der Waals surface area contributed by atoms with Crippen LogP contribution < -0.4 is 10.6 Å². The standard InChI is InChI=1S/C25H24Cl2N2O3/c1-16(29-21-9-6-19(7-10-21)25(32)28-13-12-24(30)31)14-17-2-4-18(5-3-17)22-11-8-20(26)15-23(22)27/h2-11,15-16,29H,12-14H2,1H3,(H,28,32)(H,30,31)/t16-/m0/s1. The van der Waals surface area contributed by atoms with Crippen LogP contribution in [0.1, 0.15) is 29.3 Å². The molecule has 0 aliphatic rings. The van der Waals surface area contributed by atoms with Gasteiger partial charge in [0, 0.05) is 39.4 Å². The summed E-state index contributed by atoms with van der Waals surface area (Å²) in [7, 11) is 0. The number of hydrogen-bond donors (Lipinski definition) is 3. The molecule has 0 heterocycles. The Morgan fingerprint density at radius 3 is 2.28 bits per heavy atom. The second-order valence-corrected chi connectivity index (χ2v) is 8.39. The molecule has 0 saturated heterocycles. The first-order valence-corrected chi connectivity index (χ1v) is 11.0. The van der Waals surface area contributed by atoms with E-state index in [1.165, 1.54) is 5.56 Å². The largest absolute Gasteiger partial charge is 0.481 e. The van der Waals surface area contributed by atoms with Gasteiger partial charge in [-0.25, -0.2) is 0 Å². The van der Waals surface area contributed by atoms with Crippen molar-refractivity contribution in [2.75, 3.05) is 11.9 Å². The Hall–Kier alpha value is -3.02. The Bertz CT molecular complexity index is 1080. The number of carbonyl (C=O) groups is 2. The van der Waals surface area contributed by atoms with Gasteiger partial charge >= 0.3 is 5.97 Å². The molecule has 0 saturated carbocycles. The maximum Gasteiger partial charge on any atom is 0.305 e. The van der Waals surface area contributed by atoms with Gasteiger partial charge in [0.05, 0.1) is 6.42 Å². The van der Waals surface area contributed by atoms with E-state index in [2.05, 4.69) is 41.8 Å². The molecule has 32 heavy (non-hydrogen) atoms. The lowest BCUT2D eigenvalue weighted by molar-refractivity contribution is -0.136. The maximum atomic E-state index is 12.0. The Kier molecular flexibility index (Phi) is 8.14. The smallest absolute Gasteiger partial charge is 0.305 e. The number of anilines is 1. The molecule has 5 nitrogen and oxygen atoms in total. The summed E-state index contributed by atoms with van der Waals surface area (Å²) >= 11 is 12.3. The van der Waals surface area contributed by atoms with Crippen molar-refractivity contribution in [1.29, 1.82) is 0 Å². The summed E-state index contributed by atoms with van der Waals surface area (Å²) in [5.41, 5.74) is 4.57. The first-order valence-electron chi connectivity index (χ1n) is 10.2. The Balaban J connectivity index is 1.54. The highest BCUT2D eigenvalue weighted by atomic mass is 35.5. The van der Waals surface area contributed by atoms with Crippen molar-refractivity contribution in [2.24, 2.45) is 0 Å². The number of amides is 1. The monoisotopic (exact) mass is 470 g/mol. The number of rotatable bonds is 9. The molecule has 0 spiro atoms. The van der Waals surface area contributed by atoms with Crippen LogP contribution in [-0.2, 0) is 11.2 Å². The van der Waals surface area contributed by atoms with Crippen molar-refractivity contribution >= 4 is 40.8 Å². The third-order valence-electron chi connectivity index (χ3n) is 4.92. The second kappa shape index (κ2) is 11.0. The van der Waals surface area contributed by atoms with Crippen LogP contribution in [0, 0.1) is 0 Å². The van der Waals surface area contributed by atoms with Gasteiger partial charge in [0.25, 0.3) is 5.91 Å². The zero-order valence-electron chi connectivity index (χ0n) is 17.6. The molecule has 3 rings (SSSR count). The first kappa shape index (κ1) is 23.6. The van der Waals surface area contributed by atoms with E-state index in [0.29, 0.717) is 15.6 Å². The number of benzene rings is 3. The molecule has 3 aromatic rings. The molecule has 166 valence electrons. The van der Waals surface area contributed by atoms with Crippen molar-refractivity contribution in [3.8, 4) is 11.1 Å². The van der Waals surface area contributed by atoms with Gasteiger partial charge in [0.1, 0.15) is 0 Å². The molecule has 0 bridgehead atoms. The number of aliphatic carboxylic acids is 1. The van der Waals surface area contributed by atoms with Crippen molar-refractivity contribution in [3.05, 3.63) is 87.9 Å². The van der Waals surface area contributed by atoms with Crippen molar-refractivity contribution in [2.45, 2.75) is 25.8 Å². The van der Waals surface area contributed by atoms with E-state index in [0.717, 1.165) is 23.2 Å². The molecule has 0 aliphatic heterocycles. The number of carbonyl (C=O) groups excluding carboxylic acids is 1. The average molecular weight is 471 g/mol. The van der Waals surface area contributed by atoms with Crippen LogP contribution in [-0.4, -0.2) is 29.6 Å². The van der Waals surface area contributed by atoms with Gasteiger partial charge in [-0.15, -0.1) is 0 Å². The number of carboxylic acids is 1. The SMILES string of the molecule is C[C@@H](Cc1ccc(-c2ccc(Cl)cc2Cl)cc1)Nc1ccc(C(=O)NCCC(=O)O)cc1. The van der Waals surface area contributed by atoms with Crippen LogP contribution in [0.4, 0.5) is 5.69 Å². The normalized spacial score (nSPS) is 11.6. The molecule has 3 aromatic carbocycles. The van der Waals surface area contributed by atoms with Gasteiger partial charge in [0.2, 0.25) is 0 Å². The van der Waals surface area contributed by atoms with Gasteiger partial charge in [-0.3, -0.25) is 9.59 Å². The van der Waals surface area contributed by atoms with Gasteiger partial charge < -0.3 is 15.7 Å². The highest BCUT2D eigenvalue weighted by Gasteiger charge is 2.09. The molecule has 0 aliphatic carbocycles. The van der Waals surface area contributed by atoms with Crippen molar-refractivity contribution in [3.63, 3.8) is 0 Å². The van der Waals surface area contributed by atoms with Gasteiger partial charge in [0.15, 0.2) is 0 Å². The van der Waals surface area contributed by atoms with Crippen LogP contribution in [0.5, 0.6) is 0 Å². The summed E-state index contributed by atoms with van der Waals surface area (Å²) in [4.78, 5) is 22.6. The highest BCUT2D eigenvalue weighted by molar-refractivity contribution is 6.36. The minimum atomic E-state index is -0.942. The molecule has 1 amide bonds. The van der Waals surface area contributed by atoms with E-state index in [4.69, 9.17) is 28.3 Å². The van der Waals surface area contributed by atoms with Crippen LogP contribution in [0.2, 0.25) is 10.0 Å². The van der Waals surface area contributed by atoms with E-state index in [9.17, 15) is 9.59 Å². The fraction of sp³-hybridized carbons (Fsp3) is 0.200. The van der Waals surface area contributed by atoms with Crippen LogP contribution in [0.25, 0.3) is 11.1 Å². The summed E-state index contributed by atoms with van der Waals surface area (Å²) in [6.45, 7) is 2.20. The third kappa shape index (κ3) is 6.74. The van der Waals surface area contributed by atoms with Crippen LogP contribution in [0.3, 0.4) is 0 Å². The first-order chi connectivity index (χ1) is 15.3. The Labute approximate surface area is 197 Å². The fourth-order valence-electron chi connectivity index (χ4n) is 3.34. The predicted octanol–water partition coefficient (Wildman–Crippen LogP) is 5.91. The molecule has 3 N–H and O–H groups in total. The van der Waals surface area contributed by atoms with Crippen LogP contribution >= 0.6 is 23.2 Å². The minimum absolute atomic E-state index is 0.101. The minimum Gasteiger partial charge on any atom is -0.481 e. The highest BCUT2D eigenvalue weighted by Crippen LogP contribution is 2.30. The Morgan fingerprint density at radius 2 is 1.66 bits per heavy atom. The van der Waals surface area contributed by atoms with Gasteiger partial charge in [-0.1, -0.05) is 53.5 Å². The molecular weight excluding hydrogens is 447 g/mol. The lowest BCUT2D eigenvalue weighted by atomic mass is 10.0. The summed E-state index contributed by atoms with van der Waals surface area (Å²) in [6, 6.07) is 21.1. The molecule has 0 fully saturated rings. The molecular formula is C25H24Cl2N2O3. The van der Waals surface area contributed by atoms with Gasteiger partial charge in [-0.2, -0.15) is 0 Å². The summed E-state index contributed by atoms with van der Waals surface area (Å²) in [5.74, 6) is -1.23. The second-order valence-electron chi connectivity index (χ2n) is 7.55. The topological polar surface area (TPSA) is 78.4 Å². The molecule has 1 atom stereocenters. The zero-order chi connectivity index (χ0) is 23.1. The fourth-order valence-corrected chi connectivity index (χ4v) is 3.85. The number of carboxylic acid groups (broad SMARTS) is 1. The van der Waals surface area contributed by atoms with Crippen molar-refractivity contribution < 1.29 is 14.7 Å². The predicted molar refractivity (Wildman–Crippen MR) is 130 cm³/mol. The van der Waals surface area contributed by atoms with E-state index in [-0.39, 0.29) is 24.9 Å². The quantitative estimate of drug-likeness (QED) is 0.363. The zero-order valence-corrected chi connectivity index (χ0v) is 19.1. The molecule has 0 radical (unpaired) electrons. The summed E-state index contributed by atoms with van der Waals surface area (Å²) in [5, 5.41) is 15.9. The average Bonchev–Trinajstić information content (AvgIpc) is 2.74. The number of halogens is 2. The lowest BCUT2D eigenvalue weighted by Crippen LogP contribution is -2.26. The molecule has 0 unspecified atom stereocenters. The molecule has 0 aromatic heterocycles. The molecule has 7 heteroatoms. The third-order valence-corrected chi connectivity index (χ3v) is 5.47. The Morgan fingerprint density at radius 1 is 0.969 bits per heavy atom. The lowest BCUT2D eigenvalue weighted by Gasteiger charge is -2.16. The van der Waals surface area contributed by atoms with E-state index in [1.54, 1.807) is 18.2 Å². The summed E-state index contributed by atoms with van der Waals surface area (Å²) < 4.78 is 0. The number of nitrogens with one attached hydrogen (secondary N) is 2. The van der Waals surface area contributed by atoms with Gasteiger partial charge in [-0.05, 0) is 60.9 Å². The van der Waals surface area contributed by atoms with E-state index < -0.39 is 5.97 Å². The van der Waals surface area contributed by atoms with E-state index in [1.807, 2.05) is 24.3 Å². The number of hydrogen-bond acceptors (Lipinski definition) is 3. The summed E-state index contributed by atoms with van der Waals surface area (Å²) in [6.07, 6.45) is 0.725.